The van der Waals surface area contributed by atoms with Crippen LogP contribution in [0.3, 0.4) is 0 Å². The summed E-state index contributed by atoms with van der Waals surface area (Å²) in [6.45, 7) is 14.3. The van der Waals surface area contributed by atoms with Crippen molar-refractivity contribution in [3.8, 4) is 0 Å². The van der Waals surface area contributed by atoms with E-state index in [4.69, 9.17) is 13.2 Å². The Hall–Kier alpha value is 1.64. The van der Waals surface area contributed by atoms with Crippen molar-refractivity contribution in [2.24, 2.45) is 0 Å². The van der Waals surface area contributed by atoms with E-state index in [1.54, 1.807) is 0 Å². The molecular formula is C8H9K2N2O2+. The van der Waals surface area contributed by atoms with Crippen molar-refractivity contribution in [1.29, 1.82) is 0 Å². The number of hydrogen-bond donors (Lipinski definition) is 1. The van der Waals surface area contributed by atoms with Crippen LogP contribution in [0.1, 0.15) is 13.8 Å². The molecular weight excluding hydrogens is 234 g/mol. The third kappa shape index (κ3) is 8.91. The number of hydrogen-bond acceptors (Lipinski definition) is 2. The number of Topliss-reactive ketones (excluding diaryl/α,β-unsaturated/α-hetero) is 1. The van der Waals surface area contributed by atoms with Crippen LogP contribution in [-0.4, -0.2) is 17.7 Å². The maximum Gasteiger partial charge on any atom is 1.00 e. The molecule has 0 aromatic rings. The summed E-state index contributed by atoms with van der Waals surface area (Å²) in [6, 6.07) is -0.599. The predicted molar refractivity (Wildman–Crippen MR) is 42.7 cm³/mol. The zero-order valence-corrected chi connectivity index (χ0v) is 15.2. The maximum atomic E-state index is 10.8. The largest absolute Gasteiger partial charge is 1.00 e. The van der Waals surface area contributed by atoms with Crippen LogP contribution in [0, 0.1) is 13.2 Å². The first-order valence-electron chi connectivity index (χ1n) is 3.30. The molecule has 0 aromatic carbocycles. The zero-order valence-electron chi connectivity index (χ0n) is 8.92. The van der Waals surface area contributed by atoms with Gasteiger partial charge in [-0.25, -0.2) is 0 Å². The Kier molecular flexibility index (Phi) is 16.7. The summed E-state index contributed by atoms with van der Waals surface area (Å²) < 4.78 is 0. The fourth-order valence-corrected chi connectivity index (χ4v) is 0.423. The molecule has 0 rings (SSSR count). The van der Waals surface area contributed by atoms with Crippen molar-refractivity contribution in [2.45, 2.75) is 19.9 Å². The zero-order chi connectivity index (χ0) is 9.72. The van der Waals surface area contributed by atoms with Gasteiger partial charge < -0.3 is 10.1 Å². The Morgan fingerprint density at radius 2 is 1.86 bits per heavy atom. The van der Waals surface area contributed by atoms with E-state index in [0.29, 0.717) is 0 Å². The van der Waals surface area contributed by atoms with Crippen LogP contribution in [0.15, 0.2) is 5.70 Å². The summed E-state index contributed by atoms with van der Waals surface area (Å²) in [5.41, 5.74) is -0.455. The van der Waals surface area contributed by atoms with Crippen LogP contribution in [0.5, 0.6) is 0 Å². The second kappa shape index (κ2) is 11.1. The Balaban J connectivity index is -0.000000605. The topological polar surface area (TPSA) is 50.5 Å². The molecule has 6 heteroatoms. The van der Waals surface area contributed by atoms with E-state index >= 15 is 0 Å². The fourth-order valence-electron chi connectivity index (χ4n) is 0.423. The van der Waals surface area contributed by atoms with E-state index in [-0.39, 0.29) is 109 Å². The van der Waals surface area contributed by atoms with Crippen LogP contribution >= 0.6 is 0 Å². The molecule has 4 nitrogen and oxygen atoms in total. The molecule has 64 valence electrons. The first-order valence-corrected chi connectivity index (χ1v) is 3.30. The molecule has 1 atom stereocenters. The van der Waals surface area contributed by atoms with E-state index in [1.165, 1.54) is 13.8 Å². The van der Waals surface area contributed by atoms with Gasteiger partial charge in [0, 0.05) is 0 Å². The average molecular weight is 243 g/mol. The number of rotatable bonds is 3. The molecule has 0 aliphatic carbocycles. The van der Waals surface area contributed by atoms with Gasteiger partial charge in [0.2, 0.25) is 0 Å². The van der Waals surface area contributed by atoms with Gasteiger partial charge in [-0.15, -0.1) is 0 Å². The molecule has 0 heterocycles. The van der Waals surface area contributed by atoms with Crippen molar-refractivity contribution in [3.05, 3.63) is 23.7 Å². The SMILES string of the molecule is [C-]#[N+]C(=[CH-])C(=O)NC(C)C(C)=O.[K+].[K+]. The predicted octanol–water partition coefficient (Wildman–Crippen LogP) is -5.68. The van der Waals surface area contributed by atoms with Crippen LogP contribution < -0.4 is 108 Å². The van der Waals surface area contributed by atoms with Gasteiger partial charge in [-0.05, 0) is 13.8 Å². The molecule has 1 unspecified atom stereocenters. The average Bonchev–Trinajstić information content (AvgIpc) is 2.02. The molecule has 14 heavy (non-hydrogen) atoms. The van der Waals surface area contributed by atoms with Crippen LogP contribution in [0.4, 0.5) is 0 Å². The van der Waals surface area contributed by atoms with Gasteiger partial charge in [-0.1, -0.05) is 0 Å². The third-order valence-electron chi connectivity index (χ3n) is 1.31. The number of amides is 1. The smallest absolute Gasteiger partial charge is 0.431 e. The second-order valence-corrected chi connectivity index (χ2v) is 2.30. The van der Waals surface area contributed by atoms with Gasteiger partial charge in [0.1, 0.15) is 5.78 Å². The molecule has 0 spiro atoms. The van der Waals surface area contributed by atoms with Gasteiger partial charge in [-0.2, -0.15) is 0 Å². The van der Waals surface area contributed by atoms with Crippen LogP contribution in [-0.2, 0) is 9.59 Å². The summed E-state index contributed by atoms with van der Waals surface area (Å²) in [6.07, 6.45) is 0. The minimum atomic E-state index is -0.701. The number of carbonyl (C=O) groups excluding carboxylic acids is 2. The number of nitrogens with zero attached hydrogens (tertiary/aromatic N) is 1. The maximum absolute atomic E-state index is 10.8. The molecule has 0 bridgehead atoms. The van der Waals surface area contributed by atoms with Gasteiger partial charge in [0.05, 0.1) is 24.2 Å². The number of carbonyl (C=O) groups is 2. The summed E-state index contributed by atoms with van der Waals surface area (Å²) in [5.74, 6) is -0.881. The summed E-state index contributed by atoms with van der Waals surface area (Å²) in [7, 11) is 0. The van der Waals surface area contributed by atoms with Gasteiger partial charge in [0.25, 0.3) is 0 Å². The fraction of sp³-hybridized carbons (Fsp3) is 0.375. The van der Waals surface area contributed by atoms with Crippen molar-refractivity contribution >= 4 is 11.7 Å². The van der Waals surface area contributed by atoms with Gasteiger partial charge >= 0.3 is 103 Å². The van der Waals surface area contributed by atoms with Gasteiger partial charge in [0.15, 0.2) is 0 Å². The normalized spacial score (nSPS) is 9.50. The minimum absolute atomic E-state index is 0. The van der Waals surface area contributed by atoms with Gasteiger partial charge in [-0.3, -0.25) is 16.2 Å². The Morgan fingerprint density at radius 1 is 1.43 bits per heavy atom. The van der Waals surface area contributed by atoms with E-state index < -0.39 is 17.6 Å². The van der Waals surface area contributed by atoms with Crippen LogP contribution in [0.25, 0.3) is 4.85 Å². The molecule has 0 radical (unpaired) electrons. The van der Waals surface area contributed by atoms with E-state index in [2.05, 4.69) is 10.2 Å². The summed E-state index contributed by atoms with van der Waals surface area (Å²) in [5, 5.41) is 2.27. The molecule has 0 aliphatic heterocycles. The second-order valence-electron chi connectivity index (χ2n) is 2.30. The van der Waals surface area contributed by atoms with Crippen molar-refractivity contribution < 1.29 is 112 Å². The molecule has 0 saturated heterocycles. The molecule has 0 aliphatic rings. The number of ketones is 1. The Morgan fingerprint density at radius 3 is 2.14 bits per heavy atom. The van der Waals surface area contributed by atoms with E-state index in [9.17, 15) is 9.59 Å². The molecule has 1 N–H and O–H groups in total. The quantitative estimate of drug-likeness (QED) is 0.305. The molecule has 1 amide bonds. The Labute approximate surface area is 169 Å². The number of nitrogens with one attached hydrogen (secondary N) is 1. The molecule has 0 fully saturated rings. The summed E-state index contributed by atoms with van der Waals surface area (Å²) in [4.78, 5) is 24.2. The summed E-state index contributed by atoms with van der Waals surface area (Å²) >= 11 is 0. The van der Waals surface area contributed by atoms with Crippen LogP contribution in [0.2, 0.25) is 0 Å². The van der Waals surface area contributed by atoms with Crippen molar-refractivity contribution in [1.82, 2.24) is 5.32 Å². The monoisotopic (exact) mass is 243 g/mol. The van der Waals surface area contributed by atoms with Crippen molar-refractivity contribution in [3.63, 3.8) is 0 Å². The molecule has 0 aromatic heterocycles. The van der Waals surface area contributed by atoms with Crippen molar-refractivity contribution in [2.75, 3.05) is 0 Å². The first kappa shape index (κ1) is 21.0. The van der Waals surface area contributed by atoms with E-state index in [1.807, 2.05) is 0 Å². The first-order chi connectivity index (χ1) is 5.49. The standard InChI is InChI=1S/C8H9N2O2.2K/c1-5(7(3)11)10-8(12)6(2)9-4;;/h2,5H,1,3H3,(H,10,12);;/q-1;2*+1. The molecule has 0 saturated carbocycles. The van der Waals surface area contributed by atoms with E-state index in [0.717, 1.165) is 0 Å². The Bertz CT molecular complexity index is 271. The minimum Gasteiger partial charge on any atom is -0.431 e. The third-order valence-corrected chi connectivity index (χ3v) is 1.31.